The van der Waals surface area contributed by atoms with Crippen molar-refractivity contribution in [3.8, 4) is 17.6 Å². The molecule has 0 spiro atoms. The van der Waals surface area contributed by atoms with E-state index in [2.05, 4.69) is 26.4 Å². The van der Waals surface area contributed by atoms with Gasteiger partial charge in [0.15, 0.2) is 5.82 Å². The Bertz CT molecular complexity index is 1430. The molecule has 2 aliphatic heterocycles. The number of carbonyl (C=O) groups is 1. The van der Waals surface area contributed by atoms with Crippen LogP contribution >= 0.6 is 0 Å². The first-order valence-corrected chi connectivity index (χ1v) is 15.5. The molecule has 2 fully saturated rings. The Hall–Kier alpha value is -4.33. The Morgan fingerprint density at radius 2 is 1.89 bits per heavy atom. The van der Waals surface area contributed by atoms with Gasteiger partial charge in [0.2, 0.25) is 0 Å². The maximum atomic E-state index is 15.6. The molecule has 5 rings (SSSR count). The molecule has 2 aliphatic rings. The highest BCUT2D eigenvalue weighted by atomic mass is 19.1. The number of nitrogens with zero attached hydrogens (tertiary/aromatic N) is 5. The molecule has 2 atom stereocenters. The first-order chi connectivity index (χ1) is 21.4. The molecule has 2 unspecified atom stereocenters. The zero-order valence-corrected chi connectivity index (χ0v) is 25.7. The summed E-state index contributed by atoms with van der Waals surface area (Å²) in [5.74, 6) is 1.78. The number of likely N-dealkylation sites (tertiary alicyclic amines) is 1. The van der Waals surface area contributed by atoms with Gasteiger partial charge in [-0.25, -0.2) is 4.39 Å². The lowest BCUT2D eigenvalue weighted by atomic mass is 9.92. The summed E-state index contributed by atoms with van der Waals surface area (Å²) in [7, 11) is 1.58. The van der Waals surface area contributed by atoms with Gasteiger partial charge < -0.3 is 29.1 Å². The minimum Gasteiger partial charge on any atom is -0.497 e. The van der Waals surface area contributed by atoms with Crippen molar-refractivity contribution in [2.45, 2.75) is 70.4 Å². The van der Waals surface area contributed by atoms with Gasteiger partial charge in [-0.05, 0) is 80.8 Å². The molecule has 1 aromatic heterocycles. The molecular weight excluding hydrogens is 563 g/mol. The molecule has 3 aromatic rings. The Labute approximate surface area is 258 Å². The molecule has 0 aliphatic carbocycles. The number of ether oxygens (including phenoxy) is 2. The molecule has 0 bridgehead atoms. The highest BCUT2D eigenvalue weighted by molar-refractivity contribution is 5.87. The average molecular weight is 605 g/mol. The minimum absolute atomic E-state index is 0.204. The number of hydrogen-bond donors (Lipinski definition) is 1. The van der Waals surface area contributed by atoms with E-state index in [0.29, 0.717) is 48.7 Å². The van der Waals surface area contributed by atoms with Gasteiger partial charge in [0.05, 0.1) is 19.8 Å². The fraction of sp³-hybridized carbons (Fsp3) is 0.515. The Balaban J connectivity index is 1.16. The summed E-state index contributed by atoms with van der Waals surface area (Å²) in [5.41, 5.74) is 0.843. The van der Waals surface area contributed by atoms with Gasteiger partial charge in [0, 0.05) is 42.9 Å². The summed E-state index contributed by atoms with van der Waals surface area (Å²) in [4.78, 5) is 21.9. The number of rotatable bonds is 12. The zero-order chi connectivity index (χ0) is 31.1. The van der Waals surface area contributed by atoms with Crippen molar-refractivity contribution in [1.82, 2.24) is 15.0 Å². The number of piperidine rings is 1. The third-order valence-electron chi connectivity index (χ3n) is 8.47. The Kier molecular flexibility index (Phi) is 10.2. The van der Waals surface area contributed by atoms with Gasteiger partial charge in [-0.15, -0.1) is 0 Å². The maximum Gasteiger partial charge on any atom is 0.324 e. The van der Waals surface area contributed by atoms with Crippen LogP contribution in [0.25, 0.3) is 0 Å². The number of aromatic nitrogens is 2. The van der Waals surface area contributed by atoms with Crippen molar-refractivity contribution in [1.29, 1.82) is 5.26 Å². The van der Waals surface area contributed by atoms with Crippen LogP contribution in [0.15, 0.2) is 47.0 Å². The van der Waals surface area contributed by atoms with E-state index in [1.165, 1.54) is 6.07 Å². The van der Waals surface area contributed by atoms with Crippen LogP contribution in [0.4, 0.5) is 16.1 Å². The summed E-state index contributed by atoms with van der Waals surface area (Å²) in [6.45, 7) is 6.81. The first-order valence-electron chi connectivity index (χ1n) is 15.5. The van der Waals surface area contributed by atoms with E-state index in [9.17, 15) is 10.1 Å². The number of amides is 1. The predicted molar refractivity (Wildman–Crippen MR) is 164 cm³/mol. The normalized spacial score (nSPS) is 17.9. The van der Waals surface area contributed by atoms with Crippen molar-refractivity contribution in [3.63, 3.8) is 0 Å². The fourth-order valence-electron chi connectivity index (χ4n) is 5.85. The smallest absolute Gasteiger partial charge is 0.324 e. The number of benzene rings is 2. The van der Waals surface area contributed by atoms with Crippen LogP contribution < -0.4 is 19.7 Å². The lowest BCUT2D eigenvalue weighted by Crippen LogP contribution is -2.40. The second kappa shape index (κ2) is 14.4. The summed E-state index contributed by atoms with van der Waals surface area (Å²) >= 11 is 0. The number of nitriles is 1. The van der Waals surface area contributed by atoms with Crippen LogP contribution in [0, 0.1) is 23.1 Å². The van der Waals surface area contributed by atoms with Gasteiger partial charge in [-0.3, -0.25) is 4.79 Å². The third kappa shape index (κ3) is 7.41. The summed E-state index contributed by atoms with van der Waals surface area (Å²) < 4.78 is 32.2. The van der Waals surface area contributed by atoms with Crippen LogP contribution in [0.2, 0.25) is 0 Å². The van der Waals surface area contributed by atoms with Gasteiger partial charge >= 0.3 is 6.01 Å². The first kappa shape index (κ1) is 31.1. The van der Waals surface area contributed by atoms with Crippen LogP contribution in [-0.2, 0) is 4.79 Å². The molecule has 234 valence electrons. The Morgan fingerprint density at radius 3 is 2.55 bits per heavy atom. The second-order valence-corrected chi connectivity index (χ2v) is 11.8. The Morgan fingerprint density at radius 1 is 1.14 bits per heavy atom. The lowest BCUT2D eigenvalue weighted by molar-refractivity contribution is -0.132. The molecule has 3 heterocycles. The summed E-state index contributed by atoms with van der Waals surface area (Å²) in [6.07, 6.45) is 5.32. The molecule has 1 N–H and O–H groups in total. The molecule has 2 aromatic carbocycles. The molecule has 0 saturated carbocycles. The fourth-order valence-corrected chi connectivity index (χ4v) is 5.85. The number of hydrogen-bond acceptors (Lipinski definition) is 9. The highest BCUT2D eigenvalue weighted by Crippen LogP contribution is 2.31. The molecule has 11 heteroatoms. The number of carbonyl (C=O) groups excluding carboxylic acids is 1. The van der Waals surface area contributed by atoms with Crippen LogP contribution in [0.3, 0.4) is 0 Å². The predicted octanol–water partition coefficient (Wildman–Crippen LogP) is 6.08. The molecule has 44 heavy (non-hydrogen) atoms. The van der Waals surface area contributed by atoms with Gasteiger partial charge in [-0.2, -0.15) is 10.2 Å². The third-order valence-corrected chi connectivity index (χ3v) is 8.47. The summed E-state index contributed by atoms with van der Waals surface area (Å²) in [6, 6.07) is 13.0. The number of methoxy groups -OCH3 is 1. The molecule has 10 nitrogen and oxygen atoms in total. The van der Waals surface area contributed by atoms with Crippen molar-refractivity contribution in [3.05, 3.63) is 59.7 Å². The topological polar surface area (TPSA) is 117 Å². The highest BCUT2D eigenvalue weighted by Gasteiger charge is 2.35. The number of anilines is 2. The average Bonchev–Trinajstić information content (AvgIpc) is 3.73. The lowest BCUT2D eigenvalue weighted by Gasteiger charge is -2.30. The van der Waals surface area contributed by atoms with Gasteiger partial charge in [0.1, 0.15) is 29.4 Å². The molecular formula is C33H41FN6O4. The van der Waals surface area contributed by atoms with Gasteiger partial charge in [-0.1, -0.05) is 19.0 Å². The maximum absolute atomic E-state index is 15.6. The van der Waals surface area contributed by atoms with Crippen molar-refractivity contribution >= 4 is 17.6 Å². The van der Waals surface area contributed by atoms with Crippen molar-refractivity contribution in [2.75, 3.05) is 43.6 Å². The second-order valence-electron chi connectivity index (χ2n) is 11.8. The van der Waals surface area contributed by atoms with E-state index < -0.39 is 17.9 Å². The van der Waals surface area contributed by atoms with E-state index in [0.717, 1.165) is 51.0 Å². The summed E-state index contributed by atoms with van der Waals surface area (Å²) in [5, 5.41) is 16.8. The van der Waals surface area contributed by atoms with E-state index in [-0.39, 0.29) is 17.4 Å². The van der Waals surface area contributed by atoms with Gasteiger partial charge in [0.25, 0.3) is 5.91 Å². The molecule has 0 radical (unpaired) electrons. The SMILES string of the molecule is COc1ccc(NC(C(=O)N2CCCC2C#N)c2ccc(OCCCC3CCN(c4nc(C(C)C)no4)CC3)cc2F)cc1. The van der Waals surface area contributed by atoms with Crippen molar-refractivity contribution < 1.29 is 23.2 Å². The zero-order valence-electron chi connectivity index (χ0n) is 25.7. The largest absolute Gasteiger partial charge is 0.497 e. The quantitative estimate of drug-likeness (QED) is 0.245. The number of nitrogens with one attached hydrogen (secondary N) is 1. The monoisotopic (exact) mass is 604 g/mol. The van der Waals surface area contributed by atoms with E-state index in [1.54, 1.807) is 48.4 Å². The van der Waals surface area contributed by atoms with E-state index >= 15 is 4.39 Å². The van der Waals surface area contributed by atoms with Crippen LogP contribution in [-0.4, -0.2) is 60.3 Å². The minimum atomic E-state index is -0.999. The number of halogens is 1. The van der Waals surface area contributed by atoms with E-state index in [1.807, 2.05) is 13.8 Å². The molecule has 2 saturated heterocycles. The standard InChI is InChI=1S/C33H41FN6O4/c1-22(2)31-37-33(44-38-31)39-17-14-23(15-18-39)6-5-19-43-27-12-13-28(29(34)20-27)30(32(41)40-16-4-7-25(40)21-35)36-24-8-10-26(42-3)11-9-24/h8-13,20,22-23,25,30,36H,4-7,14-19H2,1-3H3. The molecule has 1 amide bonds. The van der Waals surface area contributed by atoms with Crippen LogP contribution in [0.1, 0.15) is 75.7 Å². The van der Waals surface area contributed by atoms with Crippen molar-refractivity contribution in [2.24, 2.45) is 5.92 Å². The van der Waals surface area contributed by atoms with E-state index in [4.69, 9.17) is 14.0 Å². The van der Waals surface area contributed by atoms with Crippen LogP contribution in [0.5, 0.6) is 11.5 Å².